The standard InChI is InChI=1S/C13H12N2OS/c1-9(8-14)15(2)13(16)12-7-10-5-3-4-6-11(10)17-12/h3-7,9H,1-2H3. The zero-order chi connectivity index (χ0) is 12.4. The number of hydrogen-bond donors (Lipinski definition) is 0. The molecule has 0 radical (unpaired) electrons. The maximum atomic E-state index is 12.1. The highest BCUT2D eigenvalue weighted by molar-refractivity contribution is 7.20. The molecule has 0 fully saturated rings. The molecule has 17 heavy (non-hydrogen) atoms. The van der Waals surface area contributed by atoms with Crippen LogP contribution in [0.2, 0.25) is 0 Å². The van der Waals surface area contributed by atoms with E-state index in [2.05, 4.69) is 6.07 Å². The Labute approximate surface area is 104 Å². The van der Waals surface area contributed by atoms with Crippen LogP contribution in [0.1, 0.15) is 16.6 Å². The number of carbonyl (C=O) groups is 1. The lowest BCUT2D eigenvalue weighted by atomic mass is 10.2. The second-order valence-corrected chi connectivity index (χ2v) is 4.95. The summed E-state index contributed by atoms with van der Waals surface area (Å²) >= 11 is 1.46. The van der Waals surface area contributed by atoms with E-state index in [9.17, 15) is 4.79 Å². The summed E-state index contributed by atoms with van der Waals surface area (Å²) in [5.74, 6) is -0.0970. The number of thiophene rings is 1. The minimum absolute atomic E-state index is 0.0970. The van der Waals surface area contributed by atoms with Crippen LogP contribution < -0.4 is 0 Å². The first-order valence-electron chi connectivity index (χ1n) is 5.29. The van der Waals surface area contributed by atoms with Gasteiger partial charge < -0.3 is 4.90 Å². The van der Waals surface area contributed by atoms with Crippen molar-refractivity contribution in [2.24, 2.45) is 0 Å². The third-order valence-corrected chi connectivity index (χ3v) is 3.83. The van der Waals surface area contributed by atoms with Gasteiger partial charge in [-0.05, 0) is 24.4 Å². The van der Waals surface area contributed by atoms with Crippen molar-refractivity contribution in [3.05, 3.63) is 35.2 Å². The van der Waals surface area contributed by atoms with Gasteiger partial charge in [0.1, 0.15) is 6.04 Å². The molecule has 1 unspecified atom stereocenters. The highest BCUT2D eigenvalue weighted by Crippen LogP contribution is 2.26. The summed E-state index contributed by atoms with van der Waals surface area (Å²) in [5, 5.41) is 9.87. The quantitative estimate of drug-likeness (QED) is 0.815. The van der Waals surface area contributed by atoms with E-state index in [-0.39, 0.29) is 5.91 Å². The van der Waals surface area contributed by atoms with Gasteiger partial charge in [-0.3, -0.25) is 4.79 Å². The Kier molecular flexibility index (Phi) is 3.12. The van der Waals surface area contributed by atoms with Gasteiger partial charge >= 0.3 is 0 Å². The smallest absolute Gasteiger partial charge is 0.264 e. The second kappa shape index (κ2) is 4.56. The molecular formula is C13H12N2OS. The van der Waals surface area contributed by atoms with Crippen LogP contribution >= 0.6 is 11.3 Å². The summed E-state index contributed by atoms with van der Waals surface area (Å²) in [6.45, 7) is 1.71. The van der Waals surface area contributed by atoms with Gasteiger partial charge in [0.05, 0.1) is 10.9 Å². The molecule has 2 aromatic rings. The summed E-state index contributed by atoms with van der Waals surface area (Å²) in [4.78, 5) is 14.2. The number of amides is 1. The zero-order valence-electron chi connectivity index (χ0n) is 9.68. The third-order valence-electron chi connectivity index (χ3n) is 2.72. The van der Waals surface area contributed by atoms with Crippen molar-refractivity contribution in [2.75, 3.05) is 7.05 Å². The molecule has 0 saturated carbocycles. The summed E-state index contributed by atoms with van der Waals surface area (Å²) in [5.41, 5.74) is 0. The van der Waals surface area contributed by atoms with Crippen molar-refractivity contribution in [1.82, 2.24) is 4.90 Å². The largest absolute Gasteiger partial charge is 0.325 e. The van der Waals surface area contributed by atoms with E-state index in [1.165, 1.54) is 16.2 Å². The van der Waals surface area contributed by atoms with Gasteiger partial charge in [-0.1, -0.05) is 18.2 Å². The lowest BCUT2D eigenvalue weighted by Crippen LogP contribution is -2.33. The van der Waals surface area contributed by atoms with Crippen molar-refractivity contribution in [3.63, 3.8) is 0 Å². The molecule has 2 rings (SSSR count). The number of fused-ring (bicyclic) bond motifs is 1. The van der Waals surface area contributed by atoms with E-state index in [1.807, 2.05) is 30.3 Å². The molecular weight excluding hydrogens is 232 g/mol. The molecule has 3 nitrogen and oxygen atoms in total. The van der Waals surface area contributed by atoms with Crippen LogP contribution in [0.4, 0.5) is 0 Å². The summed E-state index contributed by atoms with van der Waals surface area (Å²) in [6, 6.07) is 11.4. The Bertz CT molecular complexity index is 564. The Hall–Kier alpha value is -1.86. The molecule has 0 spiro atoms. The molecule has 4 heteroatoms. The van der Waals surface area contributed by atoms with E-state index < -0.39 is 6.04 Å². The third kappa shape index (κ3) is 2.15. The lowest BCUT2D eigenvalue weighted by Gasteiger charge is -2.18. The molecule has 1 atom stereocenters. The Balaban J connectivity index is 2.34. The van der Waals surface area contributed by atoms with E-state index in [1.54, 1.807) is 14.0 Å². The SMILES string of the molecule is CC(C#N)N(C)C(=O)c1cc2ccccc2s1. The molecule has 0 aliphatic carbocycles. The van der Waals surface area contributed by atoms with E-state index in [0.717, 1.165) is 10.1 Å². The van der Waals surface area contributed by atoms with Crippen LogP contribution in [0, 0.1) is 11.3 Å². The predicted molar refractivity (Wildman–Crippen MR) is 69.0 cm³/mol. The lowest BCUT2D eigenvalue weighted by molar-refractivity contribution is 0.0778. The van der Waals surface area contributed by atoms with Crippen molar-refractivity contribution in [1.29, 1.82) is 5.26 Å². The number of rotatable bonds is 2. The monoisotopic (exact) mass is 244 g/mol. The zero-order valence-corrected chi connectivity index (χ0v) is 10.5. The van der Waals surface area contributed by atoms with Gasteiger partial charge in [-0.2, -0.15) is 5.26 Å². The Morgan fingerprint density at radius 1 is 1.47 bits per heavy atom. The minimum atomic E-state index is -0.410. The molecule has 0 bridgehead atoms. The number of benzene rings is 1. The summed E-state index contributed by atoms with van der Waals surface area (Å²) in [6.07, 6.45) is 0. The first kappa shape index (κ1) is 11.6. The van der Waals surface area contributed by atoms with Crippen molar-refractivity contribution < 1.29 is 4.79 Å². The van der Waals surface area contributed by atoms with Crippen molar-refractivity contribution in [3.8, 4) is 6.07 Å². The molecule has 1 aromatic heterocycles. The second-order valence-electron chi connectivity index (χ2n) is 3.87. The minimum Gasteiger partial charge on any atom is -0.325 e. The van der Waals surface area contributed by atoms with Gasteiger partial charge in [-0.25, -0.2) is 0 Å². The molecule has 86 valence electrons. The predicted octanol–water partition coefficient (Wildman–Crippen LogP) is 2.89. The molecule has 1 aromatic carbocycles. The van der Waals surface area contributed by atoms with Gasteiger partial charge in [0, 0.05) is 11.7 Å². The molecule has 0 N–H and O–H groups in total. The topological polar surface area (TPSA) is 44.1 Å². The fourth-order valence-electron chi connectivity index (χ4n) is 1.52. The van der Waals surface area contributed by atoms with Gasteiger partial charge in [-0.15, -0.1) is 11.3 Å². The van der Waals surface area contributed by atoms with Crippen LogP contribution in [0.3, 0.4) is 0 Å². The fraction of sp³-hybridized carbons (Fsp3) is 0.231. The van der Waals surface area contributed by atoms with Crippen LogP contribution in [-0.4, -0.2) is 23.9 Å². The first-order valence-corrected chi connectivity index (χ1v) is 6.10. The van der Waals surface area contributed by atoms with Gasteiger partial charge in [0.25, 0.3) is 5.91 Å². The summed E-state index contributed by atoms with van der Waals surface area (Å²) < 4.78 is 1.09. The maximum absolute atomic E-state index is 12.1. The maximum Gasteiger partial charge on any atom is 0.264 e. The molecule has 0 aliphatic rings. The van der Waals surface area contributed by atoms with Crippen LogP contribution in [-0.2, 0) is 0 Å². The Morgan fingerprint density at radius 3 is 2.82 bits per heavy atom. The first-order chi connectivity index (χ1) is 8.13. The van der Waals surface area contributed by atoms with E-state index in [0.29, 0.717) is 4.88 Å². The molecule has 0 aliphatic heterocycles. The average molecular weight is 244 g/mol. The highest BCUT2D eigenvalue weighted by atomic mass is 32.1. The van der Waals surface area contributed by atoms with Crippen LogP contribution in [0.15, 0.2) is 30.3 Å². The molecule has 1 amide bonds. The van der Waals surface area contributed by atoms with Crippen LogP contribution in [0.5, 0.6) is 0 Å². The van der Waals surface area contributed by atoms with Crippen molar-refractivity contribution in [2.45, 2.75) is 13.0 Å². The number of carbonyl (C=O) groups excluding carboxylic acids is 1. The molecule has 1 heterocycles. The highest BCUT2D eigenvalue weighted by Gasteiger charge is 2.18. The summed E-state index contributed by atoms with van der Waals surface area (Å²) in [7, 11) is 1.65. The normalized spacial score (nSPS) is 12.1. The fourth-order valence-corrected chi connectivity index (χ4v) is 2.57. The van der Waals surface area contributed by atoms with E-state index in [4.69, 9.17) is 5.26 Å². The van der Waals surface area contributed by atoms with Gasteiger partial charge in [0.15, 0.2) is 0 Å². The van der Waals surface area contributed by atoms with Crippen molar-refractivity contribution >= 4 is 27.3 Å². The number of nitrogens with zero attached hydrogens (tertiary/aromatic N) is 2. The number of hydrogen-bond acceptors (Lipinski definition) is 3. The Morgan fingerprint density at radius 2 is 2.18 bits per heavy atom. The molecule has 0 saturated heterocycles. The van der Waals surface area contributed by atoms with Crippen LogP contribution in [0.25, 0.3) is 10.1 Å². The van der Waals surface area contributed by atoms with E-state index >= 15 is 0 Å². The van der Waals surface area contributed by atoms with Gasteiger partial charge in [0.2, 0.25) is 0 Å². The number of nitriles is 1. The average Bonchev–Trinajstić information content (AvgIpc) is 2.79.